The number of imidazole rings is 1. The molecule has 2 aliphatic heterocycles. The van der Waals surface area contributed by atoms with Crippen molar-refractivity contribution in [2.45, 2.75) is 75.2 Å². The Balaban J connectivity index is 1.28. The molecule has 1 aromatic carbocycles. The monoisotopic (exact) mass is 647 g/mol. The molecule has 5 rings (SSSR count). The lowest BCUT2D eigenvalue weighted by Crippen LogP contribution is -2.50. The van der Waals surface area contributed by atoms with Gasteiger partial charge in [-0.25, -0.2) is 19.7 Å². The molecule has 41 heavy (non-hydrogen) atoms. The van der Waals surface area contributed by atoms with Crippen molar-refractivity contribution in [1.82, 2.24) is 29.7 Å². The summed E-state index contributed by atoms with van der Waals surface area (Å²) >= 11 is 5.11. The number of aromatic nitrogens is 4. The number of hydrogen-bond donors (Lipinski definition) is 2. The summed E-state index contributed by atoms with van der Waals surface area (Å²) in [7, 11) is 0. The maximum Gasteiger partial charge on any atom is 0.408 e. The predicted molar refractivity (Wildman–Crippen MR) is 157 cm³/mol. The van der Waals surface area contributed by atoms with Crippen molar-refractivity contribution in [2.24, 2.45) is 5.92 Å². The van der Waals surface area contributed by atoms with Crippen LogP contribution < -0.4 is 20.5 Å². The molecule has 2 aromatic heterocycles. The van der Waals surface area contributed by atoms with Gasteiger partial charge in [0.25, 0.3) is 0 Å². The van der Waals surface area contributed by atoms with E-state index in [1.54, 1.807) is 27.7 Å². The van der Waals surface area contributed by atoms with Crippen molar-refractivity contribution in [3.8, 4) is 11.5 Å². The highest BCUT2D eigenvalue weighted by molar-refractivity contribution is 9.10. The van der Waals surface area contributed by atoms with Crippen molar-refractivity contribution >= 4 is 56.7 Å². The lowest BCUT2D eigenvalue weighted by molar-refractivity contribution is -0.134. The summed E-state index contributed by atoms with van der Waals surface area (Å²) in [6, 6.07) is 3.13. The second-order valence-electron chi connectivity index (χ2n) is 11.2. The number of carbonyl (C=O) groups is 2. The molecular weight excluding hydrogens is 614 g/mol. The van der Waals surface area contributed by atoms with Gasteiger partial charge < -0.3 is 34.7 Å². The van der Waals surface area contributed by atoms with Gasteiger partial charge in [-0.3, -0.25) is 4.79 Å². The zero-order valence-corrected chi connectivity index (χ0v) is 25.9. The molecule has 0 saturated carbocycles. The fourth-order valence-electron chi connectivity index (χ4n) is 4.92. The van der Waals surface area contributed by atoms with Gasteiger partial charge in [0.15, 0.2) is 33.6 Å². The minimum absolute atomic E-state index is 0.113. The van der Waals surface area contributed by atoms with Crippen LogP contribution >= 0.6 is 27.7 Å². The van der Waals surface area contributed by atoms with Crippen LogP contribution in [0.4, 0.5) is 10.6 Å². The van der Waals surface area contributed by atoms with E-state index in [1.807, 2.05) is 17.0 Å². The third-order valence-corrected chi connectivity index (χ3v) is 8.82. The first-order valence-electron chi connectivity index (χ1n) is 13.5. The minimum Gasteiger partial charge on any atom is -0.454 e. The van der Waals surface area contributed by atoms with Gasteiger partial charge in [-0.15, -0.1) is 0 Å². The summed E-state index contributed by atoms with van der Waals surface area (Å²) in [6.07, 6.45) is 3.54. The first-order valence-corrected chi connectivity index (χ1v) is 15.1. The molecule has 0 unspecified atom stereocenters. The number of hydrogen-bond acceptors (Lipinski definition) is 10. The first-order chi connectivity index (χ1) is 19.5. The molecule has 14 heteroatoms. The molecule has 1 fully saturated rings. The standard InChI is InChI=1S/C27H34BrN7O5S/c1-15(32-26(37)40-27(2,3)4)24(36)34-8-5-6-16(12-34)7-9-35-23-21(22(29)30-13-31-23)33-25(35)41-20-11-19-18(10-17(20)28)38-14-39-19/h10-11,13,15-16H,5-9,12,14H2,1-4H3,(H,32,37)(H2,29,30,31)/t15-,16+/m1/s1. The number of ether oxygens (including phenoxy) is 3. The number of alkyl carbamates (subject to hydrolysis) is 1. The first kappa shape index (κ1) is 29.2. The van der Waals surface area contributed by atoms with Crippen LogP contribution in [-0.4, -0.2) is 67.9 Å². The summed E-state index contributed by atoms with van der Waals surface area (Å²) in [5, 5.41) is 3.39. The molecule has 220 valence electrons. The largest absolute Gasteiger partial charge is 0.454 e. The number of anilines is 1. The van der Waals surface area contributed by atoms with Gasteiger partial charge in [0.1, 0.15) is 18.0 Å². The number of fused-ring (bicyclic) bond motifs is 2. The lowest BCUT2D eigenvalue weighted by atomic mass is 9.94. The number of halogens is 1. The van der Waals surface area contributed by atoms with Crippen LogP contribution in [0.25, 0.3) is 11.2 Å². The summed E-state index contributed by atoms with van der Waals surface area (Å²) < 4.78 is 19.3. The van der Waals surface area contributed by atoms with Crippen LogP contribution in [0.3, 0.4) is 0 Å². The van der Waals surface area contributed by atoms with Crippen LogP contribution in [0.5, 0.6) is 11.5 Å². The van der Waals surface area contributed by atoms with Gasteiger partial charge in [-0.1, -0.05) is 11.8 Å². The topological polar surface area (TPSA) is 147 Å². The van der Waals surface area contributed by atoms with E-state index < -0.39 is 17.7 Å². The molecule has 3 aromatic rings. The number of nitrogens with one attached hydrogen (secondary N) is 1. The number of amides is 2. The Morgan fingerprint density at radius 2 is 2.02 bits per heavy atom. The van der Waals surface area contributed by atoms with E-state index in [4.69, 9.17) is 24.9 Å². The summed E-state index contributed by atoms with van der Waals surface area (Å²) in [5.74, 6) is 1.85. The number of nitrogen functional groups attached to an aromatic ring is 1. The smallest absolute Gasteiger partial charge is 0.408 e. The van der Waals surface area contributed by atoms with E-state index in [-0.39, 0.29) is 18.6 Å². The number of carbonyl (C=O) groups excluding carboxylic acids is 2. The van der Waals surface area contributed by atoms with E-state index in [0.29, 0.717) is 48.1 Å². The maximum atomic E-state index is 13.1. The van der Waals surface area contributed by atoms with Crippen LogP contribution in [0.1, 0.15) is 47.0 Å². The number of rotatable bonds is 7. The molecule has 2 aliphatic rings. The molecule has 2 atom stereocenters. The fourth-order valence-corrected chi connectivity index (χ4v) is 6.43. The van der Waals surface area contributed by atoms with Crippen LogP contribution in [0.15, 0.2) is 33.0 Å². The Hall–Kier alpha value is -3.26. The number of nitrogens with zero attached hydrogens (tertiary/aromatic N) is 5. The Morgan fingerprint density at radius 1 is 1.27 bits per heavy atom. The van der Waals surface area contributed by atoms with Gasteiger partial charge in [0.2, 0.25) is 12.7 Å². The minimum atomic E-state index is -0.677. The van der Waals surface area contributed by atoms with Crippen molar-refractivity contribution in [3.63, 3.8) is 0 Å². The van der Waals surface area contributed by atoms with E-state index in [2.05, 4.69) is 35.8 Å². The molecule has 0 bridgehead atoms. The molecule has 2 amide bonds. The SMILES string of the molecule is C[C@@H](NC(=O)OC(C)(C)C)C(=O)N1CCC[C@@H](CCn2c(Sc3cc4c(cc3Br)OCO4)nc3c(N)ncnc32)C1. The molecule has 3 N–H and O–H groups in total. The van der Waals surface area contributed by atoms with Gasteiger partial charge in [-0.2, -0.15) is 0 Å². The van der Waals surface area contributed by atoms with Gasteiger partial charge >= 0.3 is 6.09 Å². The molecular formula is C27H34BrN7O5S. The van der Waals surface area contributed by atoms with Gasteiger partial charge in [0, 0.05) is 29.0 Å². The Kier molecular flexibility index (Phi) is 8.50. The Bertz CT molecular complexity index is 1460. The third kappa shape index (κ3) is 6.80. The maximum absolute atomic E-state index is 13.1. The lowest BCUT2D eigenvalue weighted by Gasteiger charge is -2.34. The molecule has 12 nitrogen and oxygen atoms in total. The molecule has 0 aliphatic carbocycles. The quantitative estimate of drug-likeness (QED) is 0.373. The summed E-state index contributed by atoms with van der Waals surface area (Å²) in [6.45, 7) is 9.15. The van der Waals surface area contributed by atoms with E-state index in [9.17, 15) is 9.59 Å². The molecule has 4 heterocycles. The van der Waals surface area contributed by atoms with Crippen LogP contribution in [0, 0.1) is 5.92 Å². The number of nitrogens with two attached hydrogens (primary N) is 1. The van der Waals surface area contributed by atoms with Crippen LogP contribution in [-0.2, 0) is 16.1 Å². The van der Waals surface area contributed by atoms with E-state index in [0.717, 1.165) is 33.8 Å². The van der Waals surface area contributed by atoms with Crippen molar-refractivity contribution in [1.29, 1.82) is 0 Å². The highest BCUT2D eigenvalue weighted by Crippen LogP contribution is 2.43. The average molecular weight is 649 g/mol. The van der Waals surface area contributed by atoms with Crippen molar-refractivity contribution in [3.05, 3.63) is 22.9 Å². The molecule has 0 radical (unpaired) electrons. The average Bonchev–Trinajstić information content (AvgIpc) is 3.50. The second kappa shape index (κ2) is 11.9. The zero-order chi connectivity index (χ0) is 29.3. The highest BCUT2D eigenvalue weighted by atomic mass is 79.9. The van der Waals surface area contributed by atoms with E-state index in [1.165, 1.54) is 18.1 Å². The van der Waals surface area contributed by atoms with Crippen molar-refractivity contribution in [2.75, 3.05) is 25.6 Å². The van der Waals surface area contributed by atoms with Gasteiger partial charge in [0.05, 0.1) is 0 Å². The predicted octanol–water partition coefficient (Wildman–Crippen LogP) is 4.59. The summed E-state index contributed by atoms with van der Waals surface area (Å²) in [4.78, 5) is 41.5. The highest BCUT2D eigenvalue weighted by Gasteiger charge is 2.29. The third-order valence-electron chi connectivity index (χ3n) is 6.85. The number of benzene rings is 1. The Morgan fingerprint density at radius 3 is 2.78 bits per heavy atom. The normalized spacial score (nSPS) is 17.5. The Labute approximate surface area is 250 Å². The fraction of sp³-hybridized carbons (Fsp3) is 0.519. The number of likely N-dealkylation sites (tertiary alicyclic amines) is 1. The van der Waals surface area contributed by atoms with Crippen LogP contribution in [0.2, 0.25) is 0 Å². The van der Waals surface area contributed by atoms with Crippen molar-refractivity contribution < 1.29 is 23.8 Å². The number of aryl methyl sites for hydroxylation is 1. The zero-order valence-electron chi connectivity index (χ0n) is 23.5. The summed E-state index contributed by atoms with van der Waals surface area (Å²) in [5.41, 5.74) is 6.74. The molecule has 1 saturated heterocycles. The second-order valence-corrected chi connectivity index (χ2v) is 13.0. The number of piperidine rings is 1. The molecule has 0 spiro atoms. The van der Waals surface area contributed by atoms with E-state index >= 15 is 0 Å². The van der Waals surface area contributed by atoms with Gasteiger partial charge in [-0.05, 0) is 80.9 Å².